The lowest BCUT2D eigenvalue weighted by atomic mass is 10.3. The lowest BCUT2D eigenvalue weighted by Crippen LogP contribution is -2.32. The van der Waals surface area contributed by atoms with Gasteiger partial charge in [0.2, 0.25) is 5.88 Å². The molecule has 25 heavy (non-hydrogen) atoms. The van der Waals surface area contributed by atoms with Gasteiger partial charge in [0.05, 0.1) is 19.0 Å². The van der Waals surface area contributed by atoms with Gasteiger partial charge in [0.15, 0.2) is 11.6 Å². The van der Waals surface area contributed by atoms with Crippen molar-refractivity contribution in [2.75, 3.05) is 11.6 Å². The van der Waals surface area contributed by atoms with E-state index in [1.807, 2.05) is 0 Å². The molecule has 0 aliphatic rings. The summed E-state index contributed by atoms with van der Waals surface area (Å²) in [5.74, 6) is 5.24. The van der Waals surface area contributed by atoms with Crippen molar-refractivity contribution in [1.82, 2.24) is 15.0 Å². The van der Waals surface area contributed by atoms with Crippen molar-refractivity contribution in [3.05, 3.63) is 60.6 Å². The highest BCUT2D eigenvalue weighted by Gasteiger charge is 2.14. The molecule has 0 saturated carbocycles. The van der Waals surface area contributed by atoms with E-state index >= 15 is 0 Å². The molecular formula is C16H18FN5O3. The van der Waals surface area contributed by atoms with E-state index in [1.165, 1.54) is 18.5 Å². The second-order valence-corrected chi connectivity index (χ2v) is 4.89. The lowest BCUT2D eigenvalue weighted by molar-refractivity contribution is 0.238. The monoisotopic (exact) mass is 347 g/mol. The zero-order valence-corrected chi connectivity index (χ0v) is 13.6. The van der Waals surface area contributed by atoms with Crippen LogP contribution in [0.25, 0.3) is 0 Å². The van der Waals surface area contributed by atoms with Gasteiger partial charge in [-0.25, -0.2) is 20.2 Å². The van der Waals surface area contributed by atoms with Gasteiger partial charge < -0.3 is 14.6 Å². The molecular weight excluding hydrogens is 329 g/mol. The molecule has 9 heteroatoms. The van der Waals surface area contributed by atoms with Crippen LogP contribution in [0.5, 0.6) is 11.9 Å². The van der Waals surface area contributed by atoms with Gasteiger partial charge in [-0.05, 0) is 12.5 Å². The predicted molar refractivity (Wildman–Crippen MR) is 88.8 cm³/mol. The van der Waals surface area contributed by atoms with E-state index in [0.29, 0.717) is 11.3 Å². The van der Waals surface area contributed by atoms with Crippen LogP contribution in [0.3, 0.4) is 0 Å². The zero-order valence-electron chi connectivity index (χ0n) is 13.6. The van der Waals surface area contributed by atoms with Crippen molar-refractivity contribution in [3.8, 4) is 11.9 Å². The van der Waals surface area contributed by atoms with Crippen LogP contribution in [0.4, 0.5) is 10.2 Å². The predicted octanol–water partition coefficient (Wildman–Crippen LogP) is 2.04. The van der Waals surface area contributed by atoms with Gasteiger partial charge in [-0.2, -0.15) is 4.98 Å². The maximum absolute atomic E-state index is 13.9. The molecule has 132 valence electrons. The van der Waals surface area contributed by atoms with E-state index in [4.69, 9.17) is 15.3 Å². The van der Waals surface area contributed by atoms with E-state index in [1.54, 1.807) is 19.1 Å². The van der Waals surface area contributed by atoms with Crippen molar-refractivity contribution in [1.29, 1.82) is 0 Å². The first kappa shape index (κ1) is 18.1. The Labute approximate surface area is 144 Å². The molecule has 2 aromatic rings. The minimum absolute atomic E-state index is 0.00185. The number of rotatable bonds is 8. The zero-order chi connectivity index (χ0) is 18.2. The number of aromatic hydroxyl groups is 1. The summed E-state index contributed by atoms with van der Waals surface area (Å²) in [5, 5.41) is 10.3. The number of hydrazine groups is 1. The molecule has 0 fully saturated rings. The number of hydrogen-bond acceptors (Lipinski definition) is 8. The summed E-state index contributed by atoms with van der Waals surface area (Å²) < 4.78 is 24.4. The Bertz CT molecular complexity index is 752. The van der Waals surface area contributed by atoms with Gasteiger partial charge in [-0.1, -0.05) is 18.7 Å². The van der Waals surface area contributed by atoms with Crippen molar-refractivity contribution >= 4 is 5.82 Å². The van der Waals surface area contributed by atoms with Crippen LogP contribution < -0.4 is 15.6 Å². The quantitative estimate of drug-likeness (QED) is 0.424. The summed E-state index contributed by atoms with van der Waals surface area (Å²) in [4.78, 5) is 11.4. The van der Waals surface area contributed by atoms with Crippen molar-refractivity contribution in [2.45, 2.75) is 13.5 Å². The highest BCUT2D eigenvalue weighted by atomic mass is 19.1. The second kappa shape index (κ2) is 8.60. The third kappa shape index (κ3) is 5.43. The smallest absolute Gasteiger partial charge is 0.319 e. The fraction of sp³-hybridized carbons (Fsp3) is 0.188. The standard InChI is InChI=1S/C16H18FN5O3/c1-3-6-24-11(2)10-25-16-20-8-13(17)15(21-16)22(18)9-12-4-5-14(23)19-7-12/h3-8H,2,9-10,18H2,1H3,(H,19,23)/b6-3-. The Morgan fingerprint density at radius 2 is 2.20 bits per heavy atom. The van der Waals surface area contributed by atoms with E-state index in [2.05, 4.69) is 21.5 Å². The van der Waals surface area contributed by atoms with E-state index in [9.17, 15) is 9.50 Å². The van der Waals surface area contributed by atoms with Gasteiger partial charge in [0.25, 0.3) is 0 Å². The minimum Gasteiger partial charge on any atom is -0.493 e. The van der Waals surface area contributed by atoms with Gasteiger partial charge in [-0.15, -0.1) is 0 Å². The summed E-state index contributed by atoms with van der Waals surface area (Å²) >= 11 is 0. The summed E-state index contributed by atoms with van der Waals surface area (Å²) in [6, 6.07) is 2.95. The number of allylic oxidation sites excluding steroid dienone is 1. The maximum Gasteiger partial charge on any atom is 0.319 e. The van der Waals surface area contributed by atoms with Crippen LogP contribution >= 0.6 is 0 Å². The molecule has 0 radical (unpaired) electrons. The number of pyridine rings is 1. The first-order valence-electron chi connectivity index (χ1n) is 7.26. The number of nitrogens with zero attached hydrogens (tertiary/aromatic N) is 4. The number of aromatic nitrogens is 3. The second-order valence-electron chi connectivity index (χ2n) is 4.89. The molecule has 0 spiro atoms. The van der Waals surface area contributed by atoms with Crippen LogP contribution in [0.15, 0.2) is 49.2 Å². The Morgan fingerprint density at radius 1 is 1.40 bits per heavy atom. The molecule has 2 rings (SSSR count). The van der Waals surface area contributed by atoms with E-state index in [0.717, 1.165) is 11.2 Å². The highest BCUT2D eigenvalue weighted by Crippen LogP contribution is 2.18. The van der Waals surface area contributed by atoms with Gasteiger partial charge >= 0.3 is 6.01 Å². The van der Waals surface area contributed by atoms with Crippen molar-refractivity contribution in [3.63, 3.8) is 0 Å². The number of anilines is 1. The van der Waals surface area contributed by atoms with Gasteiger partial charge in [0, 0.05) is 12.3 Å². The van der Waals surface area contributed by atoms with Crippen molar-refractivity contribution < 1.29 is 19.0 Å². The third-order valence-electron chi connectivity index (χ3n) is 2.87. The summed E-state index contributed by atoms with van der Waals surface area (Å²) in [5.41, 5.74) is 0.661. The number of nitrogens with two attached hydrogens (primary N) is 1. The van der Waals surface area contributed by atoms with Crippen LogP contribution in [-0.4, -0.2) is 26.7 Å². The van der Waals surface area contributed by atoms with Crippen LogP contribution in [0.2, 0.25) is 0 Å². The SMILES string of the molecule is C=C(COc1ncc(F)c(N(N)Cc2ccc(O)nc2)n1)O/C=C\C. The normalized spacial score (nSPS) is 10.7. The molecule has 0 aliphatic heterocycles. The van der Waals surface area contributed by atoms with Gasteiger partial charge in [-0.3, -0.25) is 5.01 Å². The van der Waals surface area contributed by atoms with Crippen molar-refractivity contribution in [2.24, 2.45) is 5.84 Å². The molecule has 0 amide bonds. The highest BCUT2D eigenvalue weighted by molar-refractivity contribution is 5.39. The molecule has 2 heterocycles. The van der Waals surface area contributed by atoms with E-state index in [-0.39, 0.29) is 30.9 Å². The largest absolute Gasteiger partial charge is 0.493 e. The fourth-order valence-corrected chi connectivity index (χ4v) is 1.74. The molecule has 0 saturated heterocycles. The summed E-state index contributed by atoms with van der Waals surface area (Å²) in [6.45, 7) is 5.57. The molecule has 2 aromatic heterocycles. The topological polar surface area (TPSA) is 107 Å². The van der Waals surface area contributed by atoms with Crippen LogP contribution in [-0.2, 0) is 11.3 Å². The number of ether oxygens (including phenoxy) is 2. The molecule has 0 aliphatic carbocycles. The third-order valence-corrected chi connectivity index (χ3v) is 2.87. The Kier molecular flexibility index (Phi) is 6.24. The minimum atomic E-state index is -0.703. The first-order chi connectivity index (χ1) is 12.0. The molecule has 0 aromatic carbocycles. The molecule has 0 unspecified atom stereocenters. The molecule has 0 bridgehead atoms. The summed E-state index contributed by atoms with van der Waals surface area (Å²) in [6.07, 6.45) is 5.54. The average Bonchev–Trinajstić information content (AvgIpc) is 2.61. The average molecular weight is 347 g/mol. The Balaban J connectivity index is 2.04. The molecule has 3 N–H and O–H groups in total. The lowest BCUT2D eigenvalue weighted by Gasteiger charge is -2.18. The number of halogens is 1. The summed E-state index contributed by atoms with van der Waals surface area (Å²) in [7, 11) is 0. The fourth-order valence-electron chi connectivity index (χ4n) is 1.74. The molecule has 8 nitrogen and oxygen atoms in total. The van der Waals surface area contributed by atoms with Crippen LogP contribution in [0, 0.1) is 5.82 Å². The molecule has 0 atom stereocenters. The maximum atomic E-state index is 13.9. The first-order valence-corrected chi connectivity index (χ1v) is 7.26. The Morgan fingerprint density at radius 3 is 2.88 bits per heavy atom. The number of hydrogen-bond donors (Lipinski definition) is 2. The Hall–Kier alpha value is -3.20. The van der Waals surface area contributed by atoms with E-state index < -0.39 is 5.82 Å². The van der Waals surface area contributed by atoms with Gasteiger partial charge in [0.1, 0.15) is 12.4 Å². The van der Waals surface area contributed by atoms with Crippen LogP contribution in [0.1, 0.15) is 12.5 Å².